The summed E-state index contributed by atoms with van der Waals surface area (Å²) in [5.41, 5.74) is 0. The molecule has 0 aromatic carbocycles. The monoisotopic (exact) mass is 214 g/mol. The molecule has 1 rings (SSSR count). The van der Waals surface area contributed by atoms with E-state index in [2.05, 4.69) is 4.98 Å². The van der Waals surface area contributed by atoms with E-state index in [4.69, 9.17) is 3.40 Å². The Morgan fingerprint density at radius 3 is 1.62 bits per heavy atom. The molecule has 46 valence electrons. The number of rotatable bonds is 0. The molecule has 8 heavy (non-hydrogen) atoms. The molecule has 0 spiro atoms. The van der Waals surface area contributed by atoms with Crippen LogP contribution in [0.15, 0.2) is 24.5 Å². The Kier molecular flexibility index (Phi) is 14.1. The van der Waals surface area contributed by atoms with Crippen LogP contribution in [0.3, 0.4) is 0 Å². The standard InChI is InChI=1S/C4H4N.Mo.O.H3P/c1-2-4-5-3-1;;;/h1-4H;;;1H3/q-1;;;. The van der Waals surface area contributed by atoms with Crippen LogP contribution in [0, 0.1) is 0 Å². The Labute approximate surface area is 62.9 Å². The van der Waals surface area contributed by atoms with E-state index >= 15 is 0 Å². The van der Waals surface area contributed by atoms with Crippen molar-refractivity contribution in [2.45, 2.75) is 0 Å². The third-order valence-corrected chi connectivity index (χ3v) is 0.455. The SMILES string of the molecule is P.[O]=[Mo].c1cc[n-]c1. The van der Waals surface area contributed by atoms with Gasteiger partial charge in [0.1, 0.15) is 0 Å². The summed E-state index contributed by atoms with van der Waals surface area (Å²) in [6.07, 6.45) is 3.50. The molecule has 0 radical (unpaired) electrons. The number of nitrogens with zero attached hydrogens (tertiary/aromatic N) is 1. The van der Waals surface area contributed by atoms with Gasteiger partial charge in [0.15, 0.2) is 0 Å². The number of hydrogen-bond donors (Lipinski definition) is 0. The fourth-order valence-corrected chi connectivity index (χ4v) is 0.248. The maximum absolute atomic E-state index is 8.26. The molecule has 2 nitrogen and oxygen atoms in total. The third kappa shape index (κ3) is 6.20. The van der Waals surface area contributed by atoms with Crippen molar-refractivity contribution in [3.63, 3.8) is 0 Å². The van der Waals surface area contributed by atoms with Gasteiger partial charge in [-0.25, -0.2) is 0 Å². The smallest absolute Gasteiger partial charge is 0.0860 e. The fourth-order valence-electron chi connectivity index (χ4n) is 0.248. The second-order valence-corrected chi connectivity index (χ2v) is 0.832. The van der Waals surface area contributed by atoms with Crippen LogP contribution in [0.2, 0.25) is 0 Å². The maximum Gasteiger partial charge on any atom is -0.0860 e. The topological polar surface area (TPSA) is 31.2 Å². The van der Waals surface area contributed by atoms with Crippen LogP contribution < -0.4 is 4.98 Å². The van der Waals surface area contributed by atoms with Crippen LogP contribution in [-0.4, -0.2) is 0 Å². The Balaban J connectivity index is 0. The maximum atomic E-state index is 8.26. The molecule has 0 amide bonds. The summed E-state index contributed by atoms with van der Waals surface area (Å²) in [4.78, 5) is 3.72. The van der Waals surface area contributed by atoms with Crippen LogP contribution in [0.4, 0.5) is 0 Å². The van der Waals surface area contributed by atoms with Crippen LogP contribution >= 0.6 is 9.90 Å². The zero-order chi connectivity index (χ0) is 5.54. The molecule has 1 unspecified atom stereocenters. The number of aromatic nitrogens is 1. The van der Waals surface area contributed by atoms with Crippen LogP contribution in [-0.2, 0) is 23.2 Å². The number of hydrogen-bond acceptors (Lipinski definition) is 1. The summed E-state index contributed by atoms with van der Waals surface area (Å²) in [5.74, 6) is 0. The van der Waals surface area contributed by atoms with E-state index in [0.717, 1.165) is 0 Å². The molecule has 1 aromatic heterocycles. The first kappa shape index (κ1) is 11.1. The zero-order valence-corrected chi connectivity index (χ0v) is 7.70. The quantitative estimate of drug-likeness (QED) is 0.465. The van der Waals surface area contributed by atoms with E-state index in [1.165, 1.54) is 0 Å². The zero-order valence-electron chi connectivity index (χ0n) is 4.28. The summed E-state index contributed by atoms with van der Waals surface area (Å²) in [6.45, 7) is 0. The van der Waals surface area contributed by atoms with E-state index in [-0.39, 0.29) is 9.90 Å². The molecule has 1 heterocycles. The Morgan fingerprint density at radius 1 is 1.12 bits per heavy atom. The van der Waals surface area contributed by atoms with Crippen LogP contribution in [0.25, 0.3) is 0 Å². The van der Waals surface area contributed by atoms with Crippen molar-refractivity contribution < 1.29 is 23.2 Å². The van der Waals surface area contributed by atoms with Gasteiger partial charge in [-0.2, -0.15) is 22.3 Å². The van der Waals surface area contributed by atoms with Gasteiger partial charge in [-0.05, 0) is 0 Å². The van der Waals surface area contributed by atoms with Crippen molar-refractivity contribution in [2.24, 2.45) is 0 Å². The largest absolute Gasteiger partial charge is 0.670 e. The van der Waals surface area contributed by atoms with Crippen molar-refractivity contribution in [2.75, 3.05) is 0 Å². The van der Waals surface area contributed by atoms with Crippen molar-refractivity contribution in [3.8, 4) is 0 Å². The van der Waals surface area contributed by atoms with E-state index in [1.807, 2.05) is 12.1 Å². The second-order valence-electron chi connectivity index (χ2n) is 0.832. The Bertz CT molecular complexity index is 82.9. The molecule has 0 N–H and O–H groups in total. The summed E-state index contributed by atoms with van der Waals surface area (Å²) < 4.78 is 8.26. The van der Waals surface area contributed by atoms with E-state index in [9.17, 15) is 0 Å². The Hall–Kier alpha value is 0.198. The molecule has 0 fully saturated rings. The molecule has 0 saturated heterocycles. The minimum Gasteiger partial charge on any atom is -0.670 e. The summed E-state index contributed by atoms with van der Waals surface area (Å²) in [7, 11) is 0. The normalized spacial score (nSPS) is 5.50. The molecule has 0 aliphatic heterocycles. The molecule has 0 saturated carbocycles. The van der Waals surface area contributed by atoms with Gasteiger partial charge in [-0.1, -0.05) is 12.1 Å². The fraction of sp³-hybridized carbons (Fsp3) is 0. The third-order valence-electron chi connectivity index (χ3n) is 0.455. The minimum absolute atomic E-state index is 0. The van der Waals surface area contributed by atoms with Gasteiger partial charge < -0.3 is 4.98 Å². The summed E-state index contributed by atoms with van der Waals surface area (Å²) in [5, 5.41) is 0. The summed E-state index contributed by atoms with van der Waals surface area (Å²) >= 11 is 0.700. The first-order chi connectivity index (χ1) is 3.50. The molecular weight excluding hydrogens is 205 g/mol. The van der Waals surface area contributed by atoms with Crippen LogP contribution in [0.1, 0.15) is 0 Å². The van der Waals surface area contributed by atoms with Crippen LogP contribution in [0.5, 0.6) is 0 Å². The van der Waals surface area contributed by atoms with Gasteiger partial charge in [0.05, 0.1) is 0 Å². The van der Waals surface area contributed by atoms with E-state index < -0.39 is 0 Å². The predicted octanol–water partition coefficient (Wildman–Crippen LogP) is 0.581. The van der Waals surface area contributed by atoms with E-state index in [1.54, 1.807) is 12.4 Å². The van der Waals surface area contributed by atoms with Gasteiger partial charge in [0.25, 0.3) is 0 Å². The molecule has 0 aliphatic carbocycles. The van der Waals surface area contributed by atoms with Gasteiger partial charge in [0.2, 0.25) is 0 Å². The second kappa shape index (κ2) is 10.2. The Morgan fingerprint density at radius 2 is 1.50 bits per heavy atom. The average molecular weight is 212 g/mol. The molecule has 1 aromatic rings. The van der Waals surface area contributed by atoms with E-state index in [0.29, 0.717) is 19.8 Å². The van der Waals surface area contributed by atoms with Crippen molar-refractivity contribution in [1.29, 1.82) is 0 Å². The van der Waals surface area contributed by atoms with Crippen molar-refractivity contribution >= 4 is 9.90 Å². The van der Waals surface area contributed by atoms with Gasteiger partial charge in [0, 0.05) is 0 Å². The molecular formula is C4H7MoNOP-. The first-order valence-corrected chi connectivity index (χ1v) is 2.50. The van der Waals surface area contributed by atoms with Gasteiger partial charge >= 0.3 is 23.2 Å². The molecule has 0 bridgehead atoms. The molecule has 4 heteroatoms. The molecule has 0 aliphatic rings. The predicted molar refractivity (Wildman–Crippen MR) is 31.6 cm³/mol. The molecule has 1 atom stereocenters. The van der Waals surface area contributed by atoms with Crippen molar-refractivity contribution in [3.05, 3.63) is 24.5 Å². The van der Waals surface area contributed by atoms with Gasteiger partial charge in [-0.3, -0.25) is 0 Å². The van der Waals surface area contributed by atoms with Gasteiger partial charge in [-0.15, -0.1) is 0 Å². The van der Waals surface area contributed by atoms with Crippen molar-refractivity contribution in [1.82, 2.24) is 4.98 Å². The average Bonchev–Trinajstić information content (AvgIpc) is 2.23. The first-order valence-electron chi connectivity index (χ1n) is 1.68. The minimum atomic E-state index is 0. The summed E-state index contributed by atoms with van der Waals surface area (Å²) in [6, 6.07) is 3.78.